The van der Waals surface area contributed by atoms with E-state index in [1.165, 1.54) is 10.6 Å². The first kappa shape index (κ1) is 13.0. The maximum atomic E-state index is 4.26. The Labute approximate surface area is 131 Å². The van der Waals surface area contributed by atoms with Gasteiger partial charge in [-0.1, -0.05) is 55.1 Å². The van der Waals surface area contributed by atoms with E-state index in [0.29, 0.717) is 0 Å². The van der Waals surface area contributed by atoms with Crippen molar-refractivity contribution in [2.24, 2.45) is 0 Å². The molecule has 6 heteroatoms. The van der Waals surface area contributed by atoms with Crippen LogP contribution in [0.15, 0.2) is 52.0 Å². The van der Waals surface area contributed by atoms with Crippen molar-refractivity contribution < 1.29 is 0 Å². The predicted molar refractivity (Wildman–Crippen MR) is 88.4 cm³/mol. The summed E-state index contributed by atoms with van der Waals surface area (Å²) in [6, 6.07) is 10.4. The number of hydrogen-bond acceptors (Lipinski definition) is 5. The molecule has 2 aliphatic heterocycles. The largest absolute Gasteiger partial charge is 0.253 e. The van der Waals surface area contributed by atoms with Crippen molar-refractivity contribution in [3.05, 3.63) is 58.2 Å². The van der Waals surface area contributed by atoms with E-state index in [9.17, 15) is 0 Å². The molecule has 2 aromatic rings. The molecule has 0 saturated heterocycles. The van der Waals surface area contributed by atoms with Crippen molar-refractivity contribution in [1.82, 2.24) is 14.9 Å². The third-order valence-corrected chi connectivity index (χ3v) is 5.53. The van der Waals surface area contributed by atoms with Gasteiger partial charge in [0.25, 0.3) is 0 Å². The minimum absolute atomic E-state index is 0.259. The van der Waals surface area contributed by atoms with Crippen molar-refractivity contribution in [2.75, 3.05) is 5.01 Å². The Hall–Kier alpha value is -1.66. The molecule has 0 N–H and O–H groups in total. The fourth-order valence-corrected chi connectivity index (χ4v) is 4.54. The normalized spacial score (nSPS) is 20.0. The first-order valence-electron chi connectivity index (χ1n) is 6.87. The van der Waals surface area contributed by atoms with Crippen LogP contribution in [-0.2, 0) is 6.42 Å². The molecule has 1 unspecified atom stereocenters. The predicted octanol–water partition coefficient (Wildman–Crippen LogP) is 3.47. The number of hydrogen-bond donors (Lipinski definition) is 0. The summed E-state index contributed by atoms with van der Waals surface area (Å²) in [7, 11) is 0. The molecule has 1 aromatic carbocycles. The topological polar surface area (TPSA) is 34.0 Å². The summed E-state index contributed by atoms with van der Waals surface area (Å²) in [6.07, 6.45) is 5.29. The molecule has 1 aromatic heterocycles. The summed E-state index contributed by atoms with van der Waals surface area (Å²) in [5, 5.41) is 15.5. The lowest BCUT2D eigenvalue weighted by Crippen LogP contribution is -2.34. The highest BCUT2D eigenvalue weighted by Gasteiger charge is 2.37. The Kier molecular flexibility index (Phi) is 3.27. The Morgan fingerprint density at radius 1 is 1.24 bits per heavy atom. The highest BCUT2D eigenvalue weighted by atomic mass is 32.2. The molecule has 1 atom stereocenters. The number of fused-ring (bicyclic) bond motifs is 3. The summed E-state index contributed by atoms with van der Waals surface area (Å²) in [5.41, 5.74) is 1.22. The highest BCUT2D eigenvalue weighted by Crippen LogP contribution is 2.45. The SMILES string of the molecule is CCc1nnc2n1N1C(=CSC1/C=C/c1ccccc1)S2. The van der Waals surface area contributed by atoms with Gasteiger partial charge in [0.05, 0.1) is 0 Å². The second-order valence-corrected chi connectivity index (χ2v) is 6.74. The maximum Gasteiger partial charge on any atom is 0.216 e. The average molecular weight is 314 g/mol. The zero-order chi connectivity index (χ0) is 14.2. The van der Waals surface area contributed by atoms with Gasteiger partial charge in [-0.05, 0) is 23.4 Å². The van der Waals surface area contributed by atoms with E-state index in [-0.39, 0.29) is 5.37 Å². The number of nitrogens with zero attached hydrogens (tertiary/aromatic N) is 4. The Bertz CT molecular complexity index is 721. The molecule has 0 fully saturated rings. The molecule has 0 radical (unpaired) electrons. The van der Waals surface area contributed by atoms with Gasteiger partial charge in [0.15, 0.2) is 5.82 Å². The van der Waals surface area contributed by atoms with Crippen LogP contribution in [0.25, 0.3) is 6.08 Å². The van der Waals surface area contributed by atoms with Gasteiger partial charge in [0, 0.05) is 11.8 Å². The number of thioether (sulfide) groups is 2. The molecule has 0 aliphatic carbocycles. The van der Waals surface area contributed by atoms with Crippen LogP contribution in [-0.4, -0.2) is 20.2 Å². The summed E-state index contributed by atoms with van der Waals surface area (Å²) < 4.78 is 2.15. The molecule has 0 amide bonds. The van der Waals surface area contributed by atoms with Gasteiger partial charge in [-0.2, -0.15) is 0 Å². The molecule has 0 spiro atoms. The van der Waals surface area contributed by atoms with E-state index < -0.39 is 0 Å². The highest BCUT2D eigenvalue weighted by molar-refractivity contribution is 8.07. The van der Waals surface area contributed by atoms with Crippen molar-refractivity contribution in [3.8, 4) is 0 Å². The number of benzene rings is 1. The molecular formula is C15H14N4S2. The minimum atomic E-state index is 0.259. The monoisotopic (exact) mass is 314 g/mol. The van der Waals surface area contributed by atoms with Crippen LogP contribution < -0.4 is 5.01 Å². The second-order valence-electron chi connectivity index (χ2n) is 4.76. The Morgan fingerprint density at radius 3 is 2.90 bits per heavy atom. The molecule has 106 valence electrons. The smallest absolute Gasteiger partial charge is 0.216 e. The van der Waals surface area contributed by atoms with Crippen molar-refractivity contribution in [1.29, 1.82) is 0 Å². The van der Waals surface area contributed by atoms with Gasteiger partial charge in [-0.15, -0.1) is 10.2 Å². The fourth-order valence-electron chi connectivity index (χ4n) is 2.42. The van der Waals surface area contributed by atoms with Gasteiger partial charge >= 0.3 is 0 Å². The summed E-state index contributed by atoms with van der Waals surface area (Å²) >= 11 is 3.51. The molecule has 0 bridgehead atoms. The molecule has 4 rings (SSSR count). The summed E-state index contributed by atoms with van der Waals surface area (Å²) in [5.74, 6) is 1.02. The molecular weight excluding hydrogens is 300 g/mol. The van der Waals surface area contributed by atoms with Crippen molar-refractivity contribution >= 4 is 29.6 Å². The molecule has 0 saturated carbocycles. The van der Waals surface area contributed by atoms with Crippen LogP contribution in [0.4, 0.5) is 0 Å². The third kappa shape index (κ3) is 2.18. The van der Waals surface area contributed by atoms with E-state index in [4.69, 9.17) is 0 Å². The standard InChI is InChI=1S/C15H14N4S2/c1-2-12-16-17-15-18(12)19-13(20-10-14(19)21-15)9-8-11-6-4-3-5-7-11/h3-10,13H,2H2,1H3/b9-8+. The molecule has 2 aliphatic rings. The van der Waals surface area contributed by atoms with Gasteiger partial charge in [-0.3, -0.25) is 5.01 Å². The zero-order valence-electron chi connectivity index (χ0n) is 11.5. The van der Waals surface area contributed by atoms with E-state index in [0.717, 1.165) is 17.4 Å². The molecule has 21 heavy (non-hydrogen) atoms. The fraction of sp³-hybridized carbons (Fsp3) is 0.200. The van der Waals surface area contributed by atoms with Crippen LogP contribution in [0, 0.1) is 0 Å². The quantitative estimate of drug-likeness (QED) is 0.866. The number of aryl methyl sites for hydroxylation is 1. The lowest BCUT2D eigenvalue weighted by molar-refractivity contribution is 0.630. The van der Waals surface area contributed by atoms with Crippen molar-refractivity contribution in [2.45, 2.75) is 23.9 Å². The Morgan fingerprint density at radius 2 is 2.10 bits per heavy atom. The Balaban J connectivity index is 1.63. The minimum Gasteiger partial charge on any atom is -0.253 e. The first-order chi connectivity index (χ1) is 10.4. The number of rotatable bonds is 3. The molecule has 4 nitrogen and oxygen atoms in total. The van der Waals surface area contributed by atoms with Crippen LogP contribution in [0.2, 0.25) is 0 Å². The van der Waals surface area contributed by atoms with Crippen LogP contribution in [0.3, 0.4) is 0 Å². The average Bonchev–Trinajstić information content (AvgIpc) is 3.17. The zero-order valence-corrected chi connectivity index (χ0v) is 13.1. The van der Waals surface area contributed by atoms with E-state index >= 15 is 0 Å². The first-order valence-corrected chi connectivity index (χ1v) is 8.63. The van der Waals surface area contributed by atoms with Gasteiger partial charge in [-0.25, -0.2) is 4.68 Å². The van der Waals surface area contributed by atoms with E-state index in [2.05, 4.69) is 68.6 Å². The number of aromatic nitrogens is 3. The van der Waals surface area contributed by atoms with Gasteiger partial charge in [0.2, 0.25) is 5.16 Å². The summed E-state index contributed by atoms with van der Waals surface area (Å²) in [6.45, 7) is 2.11. The summed E-state index contributed by atoms with van der Waals surface area (Å²) in [4.78, 5) is 0. The molecule has 3 heterocycles. The van der Waals surface area contributed by atoms with Gasteiger partial charge in [0.1, 0.15) is 10.4 Å². The van der Waals surface area contributed by atoms with Crippen LogP contribution in [0.1, 0.15) is 18.3 Å². The van der Waals surface area contributed by atoms with E-state index in [1.807, 2.05) is 17.8 Å². The lowest BCUT2D eigenvalue weighted by Gasteiger charge is -2.23. The second kappa shape index (κ2) is 5.27. The van der Waals surface area contributed by atoms with Gasteiger partial charge < -0.3 is 0 Å². The van der Waals surface area contributed by atoms with E-state index in [1.54, 1.807) is 11.8 Å². The van der Waals surface area contributed by atoms with Crippen LogP contribution in [0.5, 0.6) is 0 Å². The lowest BCUT2D eigenvalue weighted by atomic mass is 10.2. The maximum absolute atomic E-state index is 4.26. The third-order valence-electron chi connectivity index (χ3n) is 3.43. The van der Waals surface area contributed by atoms with Crippen molar-refractivity contribution in [3.63, 3.8) is 0 Å². The van der Waals surface area contributed by atoms with Crippen LogP contribution >= 0.6 is 23.5 Å².